The summed E-state index contributed by atoms with van der Waals surface area (Å²) in [5.74, 6) is -0.292. The Hall–Kier alpha value is -3.70. The number of hydrogen-bond donors (Lipinski definition) is 1. The van der Waals surface area contributed by atoms with E-state index in [0.29, 0.717) is 53.7 Å². The number of pyridine rings is 2. The number of alkyl halides is 1. The van der Waals surface area contributed by atoms with Crippen molar-refractivity contribution in [1.82, 2.24) is 24.8 Å². The van der Waals surface area contributed by atoms with Gasteiger partial charge in [-0.05, 0) is 51.3 Å². The molecule has 9 nitrogen and oxygen atoms in total. The number of fused-ring (bicyclic) bond motifs is 5. The highest BCUT2D eigenvalue weighted by atomic mass is 19.1. The summed E-state index contributed by atoms with van der Waals surface area (Å²) in [7, 11) is 0. The van der Waals surface area contributed by atoms with Crippen molar-refractivity contribution < 1.29 is 23.4 Å². The summed E-state index contributed by atoms with van der Waals surface area (Å²) in [6.07, 6.45) is 5.12. The lowest BCUT2D eigenvalue weighted by Crippen LogP contribution is -2.44. The highest BCUT2D eigenvalue weighted by Gasteiger charge is 2.49. The van der Waals surface area contributed by atoms with Gasteiger partial charge in [-0.1, -0.05) is 11.6 Å². The molecule has 7 heterocycles. The fraction of sp³-hybridized carbons (Fsp3) is 0.484. The maximum absolute atomic E-state index is 16.6. The SMILES string of the molecule is Cc1ccc2nc(O)cc(-c3ncc4c(N5CC6CCC(C5)O6)nc(OC[C@@]56CCCN5C[C@H](F)C6)nc4c3F)c2c1. The largest absolute Gasteiger partial charge is 0.493 e. The molecular formula is C31H32F2N6O3. The number of aromatic nitrogens is 4. The second-order valence-corrected chi connectivity index (χ2v) is 12.3. The maximum Gasteiger partial charge on any atom is 0.319 e. The zero-order valence-electron chi connectivity index (χ0n) is 23.4. The summed E-state index contributed by atoms with van der Waals surface area (Å²) in [6.45, 7) is 4.72. The molecule has 0 saturated carbocycles. The highest BCUT2D eigenvalue weighted by Crippen LogP contribution is 2.41. The molecule has 4 aliphatic rings. The van der Waals surface area contributed by atoms with Crippen molar-refractivity contribution in [3.8, 4) is 23.1 Å². The van der Waals surface area contributed by atoms with Crippen molar-refractivity contribution in [2.75, 3.05) is 37.7 Å². The van der Waals surface area contributed by atoms with Crippen LogP contribution < -0.4 is 9.64 Å². The van der Waals surface area contributed by atoms with Crippen LogP contribution in [0.2, 0.25) is 0 Å². The first kappa shape index (κ1) is 26.0. The zero-order chi connectivity index (χ0) is 28.6. The molecule has 4 aromatic rings. The molecule has 8 rings (SSSR count). The van der Waals surface area contributed by atoms with E-state index in [1.54, 1.807) is 12.3 Å². The van der Waals surface area contributed by atoms with E-state index in [1.165, 1.54) is 6.07 Å². The molecule has 1 aromatic carbocycles. The fourth-order valence-electron chi connectivity index (χ4n) is 7.47. The summed E-state index contributed by atoms with van der Waals surface area (Å²) in [4.78, 5) is 22.4. The van der Waals surface area contributed by atoms with Gasteiger partial charge in [-0.25, -0.2) is 13.8 Å². The van der Waals surface area contributed by atoms with E-state index >= 15 is 4.39 Å². The van der Waals surface area contributed by atoms with Crippen molar-refractivity contribution in [3.05, 3.63) is 41.8 Å². The lowest BCUT2D eigenvalue weighted by Gasteiger charge is -2.34. The van der Waals surface area contributed by atoms with Gasteiger partial charge in [0.2, 0.25) is 5.88 Å². The van der Waals surface area contributed by atoms with Crippen molar-refractivity contribution in [2.24, 2.45) is 0 Å². The summed E-state index contributed by atoms with van der Waals surface area (Å²) in [5, 5.41) is 11.5. The summed E-state index contributed by atoms with van der Waals surface area (Å²) in [5.41, 5.74) is 1.70. The Morgan fingerprint density at radius 2 is 1.93 bits per heavy atom. The highest BCUT2D eigenvalue weighted by molar-refractivity contribution is 5.98. The van der Waals surface area contributed by atoms with Crippen LogP contribution in [0.3, 0.4) is 0 Å². The van der Waals surface area contributed by atoms with Crippen LogP contribution in [0.25, 0.3) is 33.1 Å². The van der Waals surface area contributed by atoms with Crippen LogP contribution in [0, 0.1) is 12.7 Å². The van der Waals surface area contributed by atoms with Crippen LogP contribution >= 0.6 is 0 Å². The monoisotopic (exact) mass is 574 g/mol. The number of ether oxygens (including phenoxy) is 2. The number of aromatic hydroxyl groups is 1. The molecule has 0 aliphatic carbocycles. The van der Waals surface area contributed by atoms with Crippen LogP contribution in [-0.4, -0.2) is 86.6 Å². The molecule has 4 saturated heterocycles. The predicted octanol–water partition coefficient (Wildman–Crippen LogP) is 4.72. The average Bonchev–Trinajstić information content (AvgIpc) is 3.62. The van der Waals surface area contributed by atoms with Crippen LogP contribution in [0.4, 0.5) is 14.6 Å². The Balaban J connectivity index is 1.25. The smallest absolute Gasteiger partial charge is 0.319 e. The Kier molecular flexibility index (Phi) is 5.98. The summed E-state index contributed by atoms with van der Waals surface area (Å²) in [6, 6.07) is 7.08. The van der Waals surface area contributed by atoms with Gasteiger partial charge in [-0.15, -0.1) is 0 Å². The summed E-state index contributed by atoms with van der Waals surface area (Å²) >= 11 is 0. The van der Waals surface area contributed by atoms with Gasteiger partial charge in [0.25, 0.3) is 0 Å². The third kappa shape index (κ3) is 4.24. The number of hydrogen-bond acceptors (Lipinski definition) is 9. The Bertz CT molecular complexity index is 1710. The molecule has 0 radical (unpaired) electrons. The van der Waals surface area contributed by atoms with Crippen molar-refractivity contribution in [2.45, 2.75) is 62.9 Å². The molecule has 3 aromatic heterocycles. The van der Waals surface area contributed by atoms with Gasteiger partial charge >= 0.3 is 6.01 Å². The molecule has 2 unspecified atom stereocenters. The van der Waals surface area contributed by atoms with Gasteiger partial charge in [0.1, 0.15) is 29.8 Å². The Morgan fingerprint density at radius 3 is 2.76 bits per heavy atom. The first-order chi connectivity index (χ1) is 20.3. The Morgan fingerprint density at radius 1 is 1.10 bits per heavy atom. The van der Waals surface area contributed by atoms with Crippen LogP contribution in [0.5, 0.6) is 11.9 Å². The standard InChI is InChI=1S/C31H32F2N6O3/c1-17-3-6-24-21(9-17)22(10-25(40)35-24)27-26(33)28-23(12-34-27)29(38-14-19-4-5-20(15-38)42-19)37-30(36-28)41-16-31-7-2-8-39(31)13-18(32)11-31/h3,6,9-10,12,18-20H,2,4-5,7-8,11,13-16H2,1H3,(H,35,40)/t18-,19?,20?,31+/m1/s1. The number of halogens is 2. The molecule has 11 heteroatoms. The van der Waals surface area contributed by atoms with Crippen molar-refractivity contribution in [3.63, 3.8) is 0 Å². The fourth-order valence-corrected chi connectivity index (χ4v) is 7.47. The second kappa shape index (κ2) is 9.67. The van der Waals surface area contributed by atoms with E-state index in [-0.39, 0.29) is 47.5 Å². The van der Waals surface area contributed by atoms with E-state index < -0.39 is 12.0 Å². The van der Waals surface area contributed by atoms with E-state index in [2.05, 4.69) is 24.8 Å². The molecule has 1 N–H and O–H groups in total. The lowest BCUT2D eigenvalue weighted by molar-refractivity contribution is 0.0302. The van der Waals surface area contributed by atoms with Crippen LogP contribution in [0.15, 0.2) is 30.5 Å². The molecule has 4 aliphatic heterocycles. The first-order valence-corrected chi connectivity index (χ1v) is 14.7. The normalized spacial score (nSPS) is 27.3. The predicted molar refractivity (Wildman–Crippen MR) is 153 cm³/mol. The molecule has 0 amide bonds. The van der Waals surface area contributed by atoms with Gasteiger partial charge in [-0.3, -0.25) is 9.88 Å². The van der Waals surface area contributed by atoms with Crippen molar-refractivity contribution in [1.29, 1.82) is 0 Å². The third-order valence-electron chi connectivity index (χ3n) is 9.42. The second-order valence-electron chi connectivity index (χ2n) is 12.3. The Labute approximate surface area is 241 Å². The van der Waals surface area contributed by atoms with E-state index in [4.69, 9.17) is 14.5 Å². The van der Waals surface area contributed by atoms with E-state index in [0.717, 1.165) is 37.8 Å². The average molecular weight is 575 g/mol. The van der Waals surface area contributed by atoms with Gasteiger partial charge in [0.15, 0.2) is 5.82 Å². The van der Waals surface area contributed by atoms with Crippen molar-refractivity contribution >= 4 is 27.6 Å². The van der Waals surface area contributed by atoms with Gasteiger partial charge in [-0.2, -0.15) is 9.97 Å². The number of benzene rings is 1. The number of rotatable bonds is 5. The minimum atomic E-state index is -0.882. The molecule has 4 atom stereocenters. The minimum Gasteiger partial charge on any atom is -0.493 e. The lowest BCUT2D eigenvalue weighted by atomic mass is 9.95. The third-order valence-corrected chi connectivity index (χ3v) is 9.42. The zero-order valence-corrected chi connectivity index (χ0v) is 23.4. The number of anilines is 1. The number of morpholine rings is 1. The van der Waals surface area contributed by atoms with Gasteiger partial charge in [0.05, 0.1) is 28.6 Å². The quantitative estimate of drug-likeness (QED) is 0.363. The van der Waals surface area contributed by atoms with Crippen LogP contribution in [-0.2, 0) is 4.74 Å². The molecular weight excluding hydrogens is 542 g/mol. The van der Waals surface area contributed by atoms with Crippen LogP contribution in [0.1, 0.15) is 37.7 Å². The number of nitrogens with zero attached hydrogens (tertiary/aromatic N) is 6. The minimum absolute atomic E-state index is 0.0603. The molecule has 42 heavy (non-hydrogen) atoms. The summed E-state index contributed by atoms with van der Waals surface area (Å²) < 4.78 is 43.3. The van der Waals surface area contributed by atoms with Gasteiger partial charge in [0, 0.05) is 49.3 Å². The molecule has 218 valence electrons. The first-order valence-electron chi connectivity index (χ1n) is 14.7. The molecule has 4 fully saturated rings. The van der Waals surface area contributed by atoms with E-state index in [1.807, 2.05) is 19.1 Å². The molecule has 0 spiro atoms. The topological polar surface area (TPSA) is 96.7 Å². The number of aryl methyl sites for hydroxylation is 1. The van der Waals surface area contributed by atoms with Gasteiger partial charge < -0.3 is 19.5 Å². The molecule has 2 bridgehead atoms. The maximum atomic E-state index is 16.6. The van der Waals surface area contributed by atoms with E-state index in [9.17, 15) is 9.50 Å².